The molecule has 7 nitrogen and oxygen atoms in total. The average Bonchev–Trinajstić information content (AvgIpc) is 2.77. The molecule has 0 bridgehead atoms. The first-order chi connectivity index (χ1) is 9.02. The van der Waals surface area contributed by atoms with Gasteiger partial charge in [0, 0.05) is 25.7 Å². The number of hydrogen-bond donors (Lipinski definition) is 0. The zero-order valence-electron chi connectivity index (χ0n) is 10.9. The summed E-state index contributed by atoms with van der Waals surface area (Å²) >= 11 is 0. The van der Waals surface area contributed by atoms with Crippen LogP contribution in [0.2, 0.25) is 0 Å². The van der Waals surface area contributed by atoms with Gasteiger partial charge < -0.3 is 4.90 Å². The number of rotatable bonds is 1. The Labute approximate surface area is 109 Å². The Morgan fingerprint density at radius 3 is 2.79 bits per heavy atom. The summed E-state index contributed by atoms with van der Waals surface area (Å²) in [5.74, 6) is 0. The molecular formula is C12H13N5O2. The molecule has 0 saturated carbocycles. The minimum atomic E-state index is -0.358. The van der Waals surface area contributed by atoms with E-state index in [4.69, 9.17) is 0 Å². The predicted octanol–water partition coefficient (Wildman–Crippen LogP) is 1.90. The second-order valence-electron chi connectivity index (χ2n) is 4.66. The number of hydrogen-bond acceptors (Lipinski definition) is 5. The van der Waals surface area contributed by atoms with E-state index in [0.29, 0.717) is 5.69 Å². The van der Waals surface area contributed by atoms with Crippen molar-refractivity contribution in [2.24, 2.45) is 7.05 Å². The van der Waals surface area contributed by atoms with Gasteiger partial charge in [-0.3, -0.25) is 10.1 Å². The minimum absolute atomic E-state index is 0.0106. The first-order valence-corrected chi connectivity index (χ1v) is 5.92. The number of benzene rings is 1. The van der Waals surface area contributed by atoms with E-state index in [2.05, 4.69) is 10.3 Å². The third kappa shape index (κ3) is 1.44. The summed E-state index contributed by atoms with van der Waals surface area (Å²) in [4.78, 5) is 12.7. The van der Waals surface area contributed by atoms with Gasteiger partial charge in [-0.25, -0.2) is 4.68 Å². The second kappa shape index (κ2) is 3.78. The highest BCUT2D eigenvalue weighted by atomic mass is 16.6. The smallest absolute Gasteiger partial charge is 0.293 e. The number of nitrogens with zero attached hydrogens (tertiary/aromatic N) is 5. The quantitative estimate of drug-likeness (QED) is 0.577. The Morgan fingerprint density at radius 2 is 2.11 bits per heavy atom. The Morgan fingerprint density at radius 1 is 1.37 bits per heavy atom. The van der Waals surface area contributed by atoms with Crippen LogP contribution in [0.1, 0.15) is 18.7 Å². The molecule has 0 aliphatic carbocycles. The van der Waals surface area contributed by atoms with Crippen molar-refractivity contribution in [2.75, 3.05) is 11.9 Å². The molecule has 19 heavy (non-hydrogen) atoms. The molecule has 1 aromatic heterocycles. The van der Waals surface area contributed by atoms with E-state index in [1.165, 1.54) is 6.07 Å². The molecule has 1 atom stereocenters. The van der Waals surface area contributed by atoms with Crippen molar-refractivity contribution in [2.45, 2.75) is 13.0 Å². The van der Waals surface area contributed by atoms with Gasteiger partial charge in [-0.15, -0.1) is 5.10 Å². The Kier molecular flexibility index (Phi) is 2.31. The maximum atomic E-state index is 11.2. The molecular weight excluding hydrogens is 246 g/mol. The van der Waals surface area contributed by atoms with Crippen LogP contribution in [0.5, 0.6) is 0 Å². The largest absolute Gasteiger partial charge is 0.360 e. The van der Waals surface area contributed by atoms with Gasteiger partial charge in [0.25, 0.3) is 5.69 Å². The van der Waals surface area contributed by atoms with Crippen molar-refractivity contribution < 1.29 is 4.92 Å². The lowest BCUT2D eigenvalue weighted by Crippen LogP contribution is -2.28. The van der Waals surface area contributed by atoms with Crippen LogP contribution in [0.15, 0.2) is 18.2 Å². The Bertz CT molecular complexity index is 679. The van der Waals surface area contributed by atoms with Crippen molar-refractivity contribution >= 4 is 11.4 Å². The number of fused-ring (bicyclic) bond motifs is 3. The molecule has 98 valence electrons. The molecule has 1 aliphatic rings. The molecule has 1 aromatic carbocycles. The topological polar surface area (TPSA) is 77.1 Å². The van der Waals surface area contributed by atoms with E-state index < -0.39 is 0 Å². The highest BCUT2D eigenvalue weighted by Gasteiger charge is 2.34. The minimum Gasteiger partial charge on any atom is -0.360 e. The van der Waals surface area contributed by atoms with Gasteiger partial charge in [0.2, 0.25) is 0 Å². The van der Waals surface area contributed by atoms with Crippen LogP contribution in [-0.4, -0.2) is 27.0 Å². The van der Waals surface area contributed by atoms with Gasteiger partial charge in [-0.2, -0.15) is 0 Å². The molecule has 2 heterocycles. The maximum absolute atomic E-state index is 11.2. The van der Waals surface area contributed by atoms with Gasteiger partial charge in [0.1, 0.15) is 11.4 Å². The number of anilines is 1. The summed E-state index contributed by atoms with van der Waals surface area (Å²) in [6, 6.07) is 5.03. The highest BCUT2D eigenvalue weighted by molar-refractivity contribution is 5.87. The SMILES string of the molecule is CC1c2c(nnn2C)-c2cccc([N+](=O)[O-])c2N1C. The van der Waals surface area contributed by atoms with Crippen LogP contribution in [0.3, 0.4) is 0 Å². The molecule has 3 rings (SSSR count). The molecule has 0 fully saturated rings. The summed E-state index contributed by atoms with van der Waals surface area (Å²) < 4.78 is 1.72. The summed E-state index contributed by atoms with van der Waals surface area (Å²) in [6.07, 6.45) is 0. The fraction of sp³-hybridized carbons (Fsp3) is 0.333. The van der Waals surface area contributed by atoms with E-state index in [1.54, 1.807) is 10.7 Å². The molecule has 0 saturated heterocycles. The van der Waals surface area contributed by atoms with Crippen molar-refractivity contribution in [1.82, 2.24) is 15.0 Å². The van der Waals surface area contributed by atoms with E-state index in [-0.39, 0.29) is 16.7 Å². The van der Waals surface area contributed by atoms with Gasteiger partial charge in [-0.1, -0.05) is 17.3 Å². The number of aryl methyl sites for hydroxylation is 1. The second-order valence-corrected chi connectivity index (χ2v) is 4.66. The van der Waals surface area contributed by atoms with Crippen molar-refractivity contribution in [3.63, 3.8) is 0 Å². The van der Waals surface area contributed by atoms with Crippen LogP contribution in [-0.2, 0) is 7.05 Å². The van der Waals surface area contributed by atoms with Gasteiger partial charge in [-0.05, 0) is 6.92 Å². The fourth-order valence-corrected chi connectivity index (χ4v) is 2.64. The van der Waals surface area contributed by atoms with E-state index in [9.17, 15) is 10.1 Å². The van der Waals surface area contributed by atoms with Crippen molar-refractivity contribution in [3.8, 4) is 11.3 Å². The standard InChI is InChI=1S/C12H13N5O2/c1-7-11-10(13-14-16(11)3)8-5-4-6-9(17(18)19)12(8)15(7)2/h4-7H,1-3H3. The number of aromatic nitrogens is 3. The van der Waals surface area contributed by atoms with Crippen LogP contribution in [0, 0.1) is 10.1 Å². The van der Waals surface area contributed by atoms with Crippen molar-refractivity contribution in [1.29, 1.82) is 0 Å². The van der Waals surface area contributed by atoms with Crippen LogP contribution >= 0.6 is 0 Å². The lowest BCUT2D eigenvalue weighted by molar-refractivity contribution is -0.384. The zero-order chi connectivity index (χ0) is 13.7. The van der Waals surface area contributed by atoms with Gasteiger partial charge in [0.15, 0.2) is 0 Å². The summed E-state index contributed by atoms with van der Waals surface area (Å²) in [5, 5.41) is 19.4. The van der Waals surface area contributed by atoms with E-state index in [1.807, 2.05) is 32.0 Å². The fourth-order valence-electron chi connectivity index (χ4n) is 2.64. The number of nitro groups is 1. The molecule has 0 spiro atoms. The third-order valence-electron chi connectivity index (χ3n) is 3.67. The molecule has 2 aromatic rings. The maximum Gasteiger partial charge on any atom is 0.293 e. The van der Waals surface area contributed by atoms with Crippen LogP contribution < -0.4 is 4.90 Å². The third-order valence-corrected chi connectivity index (χ3v) is 3.67. The van der Waals surface area contributed by atoms with Crippen LogP contribution in [0.25, 0.3) is 11.3 Å². The summed E-state index contributed by atoms with van der Waals surface area (Å²) in [6.45, 7) is 1.99. The molecule has 0 N–H and O–H groups in total. The Balaban J connectivity index is 2.36. The lowest BCUT2D eigenvalue weighted by atomic mass is 9.96. The number of nitro benzene ring substituents is 1. The molecule has 1 unspecified atom stereocenters. The molecule has 0 radical (unpaired) electrons. The summed E-state index contributed by atoms with van der Waals surface area (Å²) in [7, 11) is 3.69. The zero-order valence-corrected chi connectivity index (χ0v) is 10.9. The monoisotopic (exact) mass is 259 g/mol. The first kappa shape index (κ1) is 11.6. The predicted molar refractivity (Wildman–Crippen MR) is 69.9 cm³/mol. The molecule has 0 amide bonds. The van der Waals surface area contributed by atoms with Gasteiger partial charge in [0.05, 0.1) is 16.7 Å². The Hall–Kier alpha value is -2.44. The first-order valence-electron chi connectivity index (χ1n) is 5.92. The number of para-hydroxylation sites is 1. The highest BCUT2D eigenvalue weighted by Crippen LogP contribution is 2.46. The lowest BCUT2D eigenvalue weighted by Gasteiger charge is -2.32. The average molecular weight is 259 g/mol. The van der Waals surface area contributed by atoms with E-state index >= 15 is 0 Å². The molecule has 1 aliphatic heterocycles. The normalized spacial score (nSPS) is 17.0. The van der Waals surface area contributed by atoms with Crippen molar-refractivity contribution in [3.05, 3.63) is 34.0 Å². The molecule has 7 heteroatoms. The van der Waals surface area contributed by atoms with Gasteiger partial charge >= 0.3 is 0 Å². The summed E-state index contributed by atoms with van der Waals surface area (Å²) in [5.41, 5.74) is 3.16. The van der Waals surface area contributed by atoms with Crippen LogP contribution in [0.4, 0.5) is 11.4 Å². The van der Waals surface area contributed by atoms with E-state index in [0.717, 1.165) is 17.0 Å².